The van der Waals surface area contributed by atoms with Gasteiger partial charge >= 0.3 is 0 Å². The second kappa shape index (κ2) is 10.4. The predicted molar refractivity (Wildman–Crippen MR) is 128 cm³/mol. The zero-order valence-corrected chi connectivity index (χ0v) is 20.4. The Kier molecular flexibility index (Phi) is 7.61. The number of halogens is 3. The Labute approximate surface area is 200 Å². The molecule has 0 radical (unpaired) electrons. The highest BCUT2D eigenvalue weighted by Gasteiger charge is 2.22. The predicted octanol–water partition coefficient (Wildman–Crippen LogP) is 5.40. The Morgan fingerprint density at radius 3 is 2.78 bits per heavy atom. The fourth-order valence-electron chi connectivity index (χ4n) is 4.16. The highest BCUT2D eigenvalue weighted by atomic mass is 79.9. The van der Waals surface area contributed by atoms with Gasteiger partial charge in [-0.25, -0.2) is 9.37 Å². The number of rotatable bonds is 8. The topological polar surface area (TPSA) is 47.4 Å². The normalized spacial score (nSPS) is 14.9. The molecule has 1 saturated heterocycles. The third-order valence-corrected chi connectivity index (χ3v) is 6.82. The van der Waals surface area contributed by atoms with Crippen molar-refractivity contribution < 1.29 is 13.9 Å². The summed E-state index contributed by atoms with van der Waals surface area (Å²) in [6.45, 7) is 3.37. The van der Waals surface area contributed by atoms with Crippen LogP contribution in [0.25, 0.3) is 11.0 Å². The maximum Gasteiger partial charge on any atom is 0.188 e. The van der Waals surface area contributed by atoms with Gasteiger partial charge < -0.3 is 14.2 Å². The minimum absolute atomic E-state index is 0.0856. The van der Waals surface area contributed by atoms with Crippen molar-refractivity contribution >= 4 is 44.3 Å². The Bertz CT molecular complexity index is 1130. The number of aromatic nitrogens is 2. The lowest BCUT2D eigenvalue weighted by Crippen LogP contribution is -2.33. The SMILES string of the molecule is Cn1cnc2c(F)c(Cc3ccc(Br)cc3Cl)c(C(=O)COCCN3CCCCC3)cc21. The van der Waals surface area contributed by atoms with Crippen LogP contribution < -0.4 is 0 Å². The smallest absolute Gasteiger partial charge is 0.188 e. The summed E-state index contributed by atoms with van der Waals surface area (Å²) < 4.78 is 23.7. The monoisotopic (exact) mass is 521 g/mol. The van der Waals surface area contributed by atoms with Gasteiger partial charge in [-0.05, 0) is 49.7 Å². The van der Waals surface area contributed by atoms with Gasteiger partial charge in [0.25, 0.3) is 0 Å². The van der Waals surface area contributed by atoms with Crippen LogP contribution in [-0.2, 0) is 18.2 Å². The lowest BCUT2D eigenvalue weighted by atomic mass is 9.95. The summed E-state index contributed by atoms with van der Waals surface area (Å²) in [6, 6.07) is 7.16. The molecule has 1 aromatic heterocycles. The van der Waals surface area contributed by atoms with E-state index >= 15 is 4.39 Å². The standard InChI is InChI=1S/C24H26BrClFN3O2/c1-29-15-28-24-21(29)13-18(22(31)14-32-10-9-30-7-3-2-4-8-30)19(23(24)27)11-16-5-6-17(25)12-20(16)26/h5-6,12-13,15H,2-4,7-11,14H2,1H3. The van der Waals surface area contributed by atoms with Crippen LogP contribution in [0.3, 0.4) is 0 Å². The van der Waals surface area contributed by atoms with Crippen LogP contribution in [0.1, 0.15) is 40.7 Å². The zero-order valence-electron chi connectivity index (χ0n) is 18.0. The number of benzene rings is 2. The third kappa shape index (κ3) is 5.22. The van der Waals surface area contributed by atoms with Crippen molar-refractivity contribution in [3.05, 3.63) is 62.6 Å². The number of imidazole rings is 1. The van der Waals surface area contributed by atoms with Gasteiger partial charge in [0.2, 0.25) is 0 Å². The molecule has 0 aliphatic carbocycles. The van der Waals surface area contributed by atoms with Crippen molar-refractivity contribution in [2.45, 2.75) is 25.7 Å². The number of hydrogen-bond acceptors (Lipinski definition) is 4. The van der Waals surface area contributed by atoms with Crippen molar-refractivity contribution in [2.24, 2.45) is 7.05 Å². The van der Waals surface area contributed by atoms with E-state index in [1.54, 1.807) is 30.1 Å². The van der Waals surface area contributed by atoms with Gasteiger partial charge in [-0.1, -0.05) is 40.0 Å². The molecule has 1 fully saturated rings. The first kappa shape index (κ1) is 23.4. The first-order chi connectivity index (χ1) is 15.4. The minimum Gasteiger partial charge on any atom is -0.372 e. The molecule has 0 bridgehead atoms. The molecule has 170 valence electrons. The fourth-order valence-corrected chi connectivity index (χ4v) is 4.90. The van der Waals surface area contributed by atoms with Crippen LogP contribution in [0.4, 0.5) is 4.39 Å². The molecule has 8 heteroatoms. The number of fused-ring (bicyclic) bond motifs is 1. The van der Waals surface area contributed by atoms with Gasteiger partial charge in [-0.3, -0.25) is 4.79 Å². The molecule has 5 nitrogen and oxygen atoms in total. The van der Waals surface area contributed by atoms with E-state index in [1.807, 2.05) is 12.1 Å². The molecule has 1 aliphatic heterocycles. The summed E-state index contributed by atoms with van der Waals surface area (Å²) in [4.78, 5) is 19.6. The molecule has 0 saturated carbocycles. The van der Waals surface area contributed by atoms with E-state index in [9.17, 15) is 4.79 Å². The summed E-state index contributed by atoms with van der Waals surface area (Å²) in [5.74, 6) is -0.729. The molecule has 1 aliphatic rings. The van der Waals surface area contributed by atoms with Gasteiger partial charge in [-0.15, -0.1) is 0 Å². The van der Waals surface area contributed by atoms with Crippen molar-refractivity contribution in [3.63, 3.8) is 0 Å². The van der Waals surface area contributed by atoms with E-state index in [4.69, 9.17) is 16.3 Å². The summed E-state index contributed by atoms with van der Waals surface area (Å²) in [5.41, 5.74) is 2.17. The van der Waals surface area contributed by atoms with Gasteiger partial charge in [0.1, 0.15) is 12.1 Å². The van der Waals surface area contributed by atoms with Crippen LogP contribution in [0.15, 0.2) is 35.1 Å². The molecule has 2 heterocycles. The lowest BCUT2D eigenvalue weighted by molar-refractivity contribution is 0.0682. The van der Waals surface area contributed by atoms with E-state index in [2.05, 4.69) is 25.8 Å². The third-order valence-electron chi connectivity index (χ3n) is 5.98. The molecule has 4 rings (SSSR count). The fraction of sp³-hybridized carbons (Fsp3) is 0.417. The van der Waals surface area contributed by atoms with Gasteiger partial charge in [0.15, 0.2) is 11.6 Å². The number of carbonyl (C=O) groups excluding carboxylic acids is 1. The van der Waals surface area contributed by atoms with Gasteiger partial charge in [0.05, 0.1) is 18.5 Å². The first-order valence-electron chi connectivity index (χ1n) is 10.8. The summed E-state index contributed by atoms with van der Waals surface area (Å²) in [5, 5.41) is 0.510. The van der Waals surface area contributed by atoms with E-state index in [0.29, 0.717) is 28.3 Å². The second-order valence-corrected chi connectivity index (χ2v) is 9.55. The van der Waals surface area contributed by atoms with Crippen molar-refractivity contribution in [1.82, 2.24) is 14.5 Å². The highest BCUT2D eigenvalue weighted by Crippen LogP contribution is 2.30. The summed E-state index contributed by atoms with van der Waals surface area (Å²) >= 11 is 9.76. The molecular formula is C24H26BrClFN3O2. The Hall–Kier alpha value is -1.80. The number of ether oxygens (including phenoxy) is 1. The van der Waals surface area contributed by atoms with E-state index in [1.165, 1.54) is 19.3 Å². The molecule has 0 spiro atoms. The second-order valence-electron chi connectivity index (χ2n) is 8.23. The van der Waals surface area contributed by atoms with E-state index < -0.39 is 5.82 Å². The molecule has 32 heavy (non-hydrogen) atoms. The number of nitrogens with zero attached hydrogens (tertiary/aromatic N) is 3. The van der Waals surface area contributed by atoms with Crippen LogP contribution in [0, 0.1) is 5.82 Å². The molecule has 3 aromatic rings. The molecule has 0 amide bonds. The zero-order chi connectivity index (χ0) is 22.7. The molecule has 0 atom stereocenters. The van der Waals surface area contributed by atoms with Gasteiger partial charge in [-0.2, -0.15) is 0 Å². The molecule has 0 unspecified atom stereocenters. The largest absolute Gasteiger partial charge is 0.372 e. The van der Waals surface area contributed by atoms with Crippen molar-refractivity contribution in [3.8, 4) is 0 Å². The maximum absolute atomic E-state index is 15.5. The average molecular weight is 523 g/mol. The number of ketones is 1. The Morgan fingerprint density at radius 1 is 1.25 bits per heavy atom. The van der Waals surface area contributed by atoms with E-state index in [0.717, 1.165) is 29.7 Å². The lowest BCUT2D eigenvalue weighted by Gasteiger charge is -2.26. The Morgan fingerprint density at radius 2 is 2.03 bits per heavy atom. The van der Waals surface area contributed by atoms with Crippen LogP contribution >= 0.6 is 27.5 Å². The number of Topliss-reactive ketones (excluding diaryl/α,β-unsaturated/α-hetero) is 1. The minimum atomic E-state index is -0.487. The van der Waals surface area contributed by atoms with Crippen LogP contribution in [0.2, 0.25) is 5.02 Å². The first-order valence-corrected chi connectivity index (χ1v) is 12.0. The molecule has 0 N–H and O–H groups in total. The summed E-state index contributed by atoms with van der Waals surface area (Å²) in [7, 11) is 1.78. The molecular weight excluding hydrogens is 497 g/mol. The average Bonchev–Trinajstić information content (AvgIpc) is 3.16. The quantitative estimate of drug-likeness (QED) is 0.293. The van der Waals surface area contributed by atoms with Crippen molar-refractivity contribution in [1.29, 1.82) is 0 Å². The van der Waals surface area contributed by atoms with Crippen molar-refractivity contribution in [2.75, 3.05) is 32.8 Å². The van der Waals surface area contributed by atoms with Crippen LogP contribution in [-0.4, -0.2) is 53.1 Å². The maximum atomic E-state index is 15.5. The molecule has 2 aromatic carbocycles. The van der Waals surface area contributed by atoms with Crippen LogP contribution in [0.5, 0.6) is 0 Å². The summed E-state index contributed by atoms with van der Waals surface area (Å²) in [6.07, 6.45) is 5.45. The number of likely N-dealkylation sites (tertiary alicyclic amines) is 1. The van der Waals surface area contributed by atoms with E-state index in [-0.39, 0.29) is 24.3 Å². The number of aryl methyl sites for hydroxylation is 1. The number of carbonyl (C=O) groups is 1. The van der Waals surface area contributed by atoms with Gasteiger partial charge in [0, 0.05) is 40.6 Å². The number of hydrogen-bond donors (Lipinski definition) is 0. The number of piperidine rings is 1. The highest BCUT2D eigenvalue weighted by molar-refractivity contribution is 9.10. The Balaban J connectivity index is 1.56.